The molecular weight excluding hydrogens is 288 g/mol. The molecule has 0 fully saturated rings. The average molecular weight is 305 g/mol. The molecule has 0 unspecified atom stereocenters. The second kappa shape index (κ2) is 6.70. The lowest BCUT2D eigenvalue weighted by atomic mass is 10.1. The van der Waals surface area contributed by atoms with Crippen molar-refractivity contribution in [3.8, 4) is 0 Å². The van der Waals surface area contributed by atoms with Gasteiger partial charge >= 0.3 is 0 Å². The lowest BCUT2D eigenvalue weighted by Gasteiger charge is -2.14. The lowest BCUT2D eigenvalue weighted by Crippen LogP contribution is -2.18. The first kappa shape index (κ1) is 15.5. The smallest absolute Gasteiger partial charge is 0.272 e. The largest absolute Gasteiger partial charge is 0.306 e. The number of nitrogens with one attached hydrogen (secondary N) is 1. The Morgan fingerprint density at radius 3 is 2.71 bits per heavy atom. The van der Waals surface area contributed by atoms with E-state index in [1.54, 1.807) is 19.1 Å². The fourth-order valence-corrected chi connectivity index (χ4v) is 2.33. The molecule has 1 atom stereocenters. The van der Waals surface area contributed by atoms with Crippen molar-refractivity contribution in [3.63, 3.8) is 0 Å². The minimum Gasteiger partial charge on any atom is -0.306 e. The van der Waals surface area contributed by atoms with Gasteiger partial charge in [0, 0.05) is 29.2 Å². The molecule has 1 N–H and O–H groups in total. The maximum atomic E-state index is 10.9. The van der Waals surface area contributed by atoms with E-state index in [0.29, 0.717) is 17.1 Å². The van der Waals surface area contributed by atoms with Gasteiger partial charge in [-0.05, 0) is 37.1 Å². The van der Waals surface area contributed by atoms with Crippen molar-refractivity contribution in [1.29, 1.82) is 0 Å². The van der Waals surface area contributed by atoms with Gasteiger partial charge < -0.3 is 5.32 Å². The molecule has 5 heteroatoms. The molecule has 0 bridgehead atoms. The van der Waals surface area contributed by atoms with E-state index in [-0.39, 0.29) is 16.7 Å². The maximum absolute atomic E-state index is 10.9. The first-order valence-corrected chi connectivity index (χ1v) is 7.08. The Kier molecular flexibility index (Phi) is 4.94. The first-order chi connectivity index (χ1) is 9.97. The van der Waals surface area contributed by atoms with E-state index >= 15 is 0 Å². The van der Waals surface area contributed by atoms with E-state index in [1.807, 2.05) is 37.3 Å². The molecule has 0 heterocycles. The van der Waals surface area contributed by atoms with Gasteiger partial charge in [-0.25, -0.2) is 0 Å². The zero-order valence-corrected chi connectivity index (χ0v) is 12.7. The molecule has 4 nitrogen and oxygen atoms in total. The van der Waals surface area contributed by atoms with Crippen LogP contribution in [0.15, 0.2) is 42.5 Å². The van der Waals surface area contributed by atoms with Crippen molar-refractivity contribution in [1.82, 2.24) is 5.32 Å². The van der Waals surface area contributed by atoms with E-state index in [9.17, 15) is 10.1 Å². The topological polar surface area (TPSA) is 55.2 Å². The van der Waals surface area contributed by atoms with Crippen molar-refractivity contribution in [2.45, 2.75) is 26.4 Å². The van der Waals surface area contributed by atoms with Crippen LogP contribution in [0.1, 0.15) is 29.7 Å². The lowest BCUT2D eigenvalue weighted by molar-refractivity contribution is -0.385. The molecule has 0 spiro atoms. The van der Waals surface area contributed by atoms with Gasteiger partial charge in [0.15, 0.2) is 0 Å². The van der Waals surface area contributed by atoms with Gasteiger partial charge in [0.2, 0.25) is 0 Å². The van der Waals surface area contributed by atoms with Crippen LogP contribution in [0.3, 0.4) is 0 Å². The summed E-state index contributed by atoms with van der Waals surface area (Å²) in [5.74, 6) is 0. The highest BCUT2D eigenvalue weighted by Gasteiger charge is 2.11. The molecule has 21 heavy (non-hydrogen) atoms. The number of benzene rings is 2. The van der Waals surface area contributed by atoms with Crippen molar-refractivity contribution in [2.75, 3.05) is 0 Å². The molecule has 0 aliphatic rings. The zero-order valence-electron chi connectivity index (χ0n) is 12.0. The van der Waals surface area contributed by atoms with E-state index < -0.39 is 0 Å². The summed E-state index contributed by atoms with van der Waals surface area (Å²) in [5, 5.41) is 15.0. The van der Waals surface area contributed by atoms with E-state index in [2.05, 4.69) is 5.32 Å². The van der Waals surface area contributed by atoms with Gasteiger partial charge in [0.05, 0.1) is 4.92 Å². The van der Waals surface area contributed by atoms with Crippen LogP contribution < -0.4 is 5.32 Å². The molecular formula is C16H17ClN2O2. The highest BCUT2D eigenvalue weighted by molar-refractivity contribution is 6.30. The Balaban J connectivity index is 2.06. The van der Waals surface area contributed by atoms with Crippen molar-refractivity contribution >= 4 is 17.3 Å². The summed E-state index contributed by atoms with van der Waals surface area (Å²) in [6.45, 7) is 4.34. The molecule has 0 radical (unpaired) electrons. The Bertz CT molecular complexity index is 658. The van der Waals surface area contributed by atoms with Gasteiger partial charge in [-0.2, -0.15) is 0 Å². The highest BCUT2D eigenvalue weighted by atomic mass is 35.5. The molecule has 0 saturated carbocycles. The van der Waals surface area contributed by atoms with Crippen LogP contribution in [0.25, 0.3) is 0 Å². The normalized spacial score (nSPS) is 12.1. The number of nitro benzene ring substituents is 1. The predicted molar refractivity (Wildman–Crippen MR) is 84.5 cm³/mol. The zero-order chi connectivity index (χ0) is 15.4. The summed E-state index contributed by atoms with van der Waals surface area (Å²) in [7, 11) is 0. The second-order valence-electron chi connectivity index (χ2n) is 5.04. The van der Waals surface area contributed by atoms with Crippen LogP contribution in [-0.2, 0) is 6.54 Å². The Hall–Kier alpha value is -1.91. The third-order valence-corrected chi connectivity index (χ3v) is 3.67. The van der Waals surface area contributed by atoms with Crippen LogP contribution in [0, 0.1) is 17.0 Å². The summed E-state index contributed by atoms with van der Waals surface area (Å²) < 4.78 is 0. The number of nitrogens with zero attached hydrogens (tertiary/aromatic N) is 1. The highest BCUT2D eigenvalue weighted by Crippen LogP contribution is 2.21. The number of hydrogen-bond acceptors (Lipinski definition) is 3. The summed E-state index contributed by atoms with van der Waals surface area (Å²) in [6.07, 6.45) is 0. The summed E-state index contributed by atoms with van der Waals surface area (Å²) in [4.78, 5) is 10.6. The fourth-order valence-electron chi connectivity index (χ4n) is 2.13. The van der Waals surface area contributed by atoms with Crippen LogP contribution in [0.2, 0.25) is 5.02 Å². The summed E-state index contributed by atoms with van der Waals surface area (Å²) in [5.41, 5.74) is 2.81. The minimum atomic E-state index is -0.348. The van der Waals surface area contributed by atoms with Crippen LogP contribution >= 0.6 is 11.6 Å². The average Bonchev–Trinajstić information content (AvgIpc) is 2.45. The van der Waals surface area contributed by atoms with Gasteiger partial charge in [-0.1, -0.05) is 35.9 Å². The van der Waals surface area contributed by atoms with Gasteiger partial charge in [0.25, 0.3) is 5.69 Å². The predicted octanol–water partition coefficient (Wildman–Crippen LogP) is 4.41. The van der Waals surface area contributed by atoms with Crippen molar-refractivity contribution in [3.05, 3.63) is 74.3 Å². The number of halogens is 1. The molecule has 2 aromatic rings. The quantitative estimate of drug-likeness (QED) is 0.657. The third kappa shape index (κ3) is 4.03. The Morgan fingerprint density at radius 1 is 1.29 bits per heavy atom. The van der Waals surface area contributed by atoms with Crippen LogP contribution in [0.5, 0.6) is 0 Å². The van der Waals surface area contributed by atoms with Crippen molar-refractivity contribution < 1.29 is 4.92 Å². The SMILES string of the molecule is Cc1ccc(CN[C@@H](C)c2cccc(Cl)c2)cc1[N+](=O)[O-]. The molecule has 0 aliphatic heterocycles. The van der Waals surface area contributed by atoms with Gasteiger partial charge in [0.1, 0.15) is 0 Å². The molecule has 110 valence electrons. The summed E-state index contributed by atoms with van der Waals surface area (Å²) >= 11 is 5.98. The van der Waals surface area contributed by atoms with Gasteiger partial charge in [-0.3, -0.25) is 10.1 Å². The Labute approximate surface area is 128 Å². The van der Waals surface area contributed by atoms with E-state index in [0.717, 1.165) is 11.1 Å². The monoisotopic (exact) mass is 304 g/mol. The summed E-state index contributed by atoms with van der Waals surface area (Å²) in [6, 6.07) is 13.1. The first-order valence-electron chi connectivity index (χ1n) is 6.70. The number of aryl methyl sites for hydroxylation is 1. The standard InChI is InChI=1S/C16H17ClN2O2/c1-11-6-7-13(8-16(11)19(20)21)10-18-12(2)14-4-3-5-15(17)9-14/h3-9,12,18H,10H2,1-2H3/t12-/m0/s1. The number of rotatable bonds is 5. The third-order valence-electron chi connectivity index (χ3n) is 3.43. The molecule has 0 aromatic heterocycles. The minimum absolute atomic E-state index is 0.115. The second-order valence-corrected chi connectivity index (χ2v) is 5.47. The van der Waals surface area contributed by atoms with Crippen LogP contribution in [-0.4, -0.2) is 4.92 Å². The van der Waals surface area contributed by atoms with Gasteiger partial charge in [-0.15, -0.1) is 0 Å². The fraction of sp³-hybridized carbons (Fsp3) is 0.250. The molecule has 0 saturated heterocycles. The molecule has 2 aromatic carbocycles. The van der Waals surface area contributed by atoms with E-state index in [4.69, 9.17) is 11.6 Å². The number of hydrogen-bond donors (Lipinski definition) is 1. The maximum Gasteiger partial charge on any atom is 0.272 e. The Morgan fingerprint density at radius 2 is 2.05 bits per heavy atom. The van der Waals surface area contributed by atoms with Crippen molar-refractivity contribution in [2.24, 2.45) is 0 Å². The molecule has 2 rings (SSSR count). The number of nitro groups is 1. The van der Waals surface area contributed by atoms with E-state index in [1.165, 1.54) is 0 Å². The molecule has 0 amide bonds. The molecule has 0 aliphatic carbocycles. The van der Waals surface area contributed by atoms with Crippen LogP contribution in [0.4, 0.5) is 5.69 Å².